The van der Waals surface area contributed by atoms with E-state index in [0.717, 1.165) is 6.54 Å². The zero-order valence-corrected chi connectivity index (χ0v) is 9.87. The van der Waals surface area contributed by atoms with Gasteiger partial charge in [-0.3, -0.25) is 0 Å². The summed E-state index contributed by atoms with van der Waals surface area (Å²) < 4.78 is 0. The minimum atomic E-state index is 0.395. The van der Waals surface area contributed by atoms with E-state index >= 15 is 0 Å². The number of nitrogen functional groups attached to an aromatic ring is 1. The number of hydrogen-bond acceptors (Lipinski definition) is 4. The molecule has 1 saturated carbocycles. The van der Waals surface area contributed by atoms with Crippen LogP contribution < -0.4 is 11.1 Å². The minimum absolute atomic E-state index is 0.395. The molecule has 0 atom stereocenters. The predicted octanol–water partition coefficient (Wildman–Crippen LogP) is 2.44. The molecule has 1 fully saturated rings. The fourth-order valence-electron chi connectivity index (χ4n) is 2.33. The highest BCUT2D eigenvalue weighted by Crippen LogP contribution is 2.35. The fraction of sp³-hybridized carbons (Fsp3) is 0.667. The summed E-state index contributed by atoms with van der Waals surface area (Å²) >= 11 is 0. The van der Waals surface area contributed by atoms with Crippen molar-refractivity contribution in [1.82, 2.24) is 9.97 Å². The molecule has 0 spiro atoms. The summed E-state index contributed by atoms with van der Waals surface area (Å²) in [6, 6.07) is 1.70. The van der Waals surface area contributed by atoms with Crippen LogP contribution in [0, 0.1) is 5.41 Å². The summed E-state index contributed by atoms with van der Waals surface area (Å²) in [6.07, 6.45) is 8.34. The smallest absolute Gasteiger partial charge is 0.224 e. The van der Waals surface area contributed by atoms with Gasteiger partial charge in [-0.1, -0.05) is 26.2 Å². The molecule has 2 rings (SSSR count). The van der Waals surface area contributed by atoms with Crippen LogP contribution >= 0.6 is 0 Å². The number of nitrogens with zero attached hydrogens (tertiary/aromatic N) is 2. The third kappa shape index (κ3) is 2.84. The molecule has 1 aliphatic rings. The first-order chi connectivity index (χ1) is 7.68. The first-order valence-corrected chi connectivity index (χ1v) is 6.00. The molecule has 1 aromatic rings. The monoisotopic (exact) mass is 220 g/mol. The maximum absolute atomic E-state index is 5.61. The minimum Gasteiger partial charge on any atom is -0.384 e. The molecular formula is C12H20N4. The van der Waals surface area contributed by atoms with Crippen LogP contribution in [0.4, 0.5) is 11.8 Å². The molecular weight excluding hydrogens is 200 g/mol. The Labute approximate surface area is 96.7 Å². The van der Waals surface area contributed by atoms with E-state index in [1.807, 2.05) is 0 Å². The largest absolute Gasteiger partial charge is 0.384 e. The lowest BCUT2D eigenvalue weighted by atomic mass is 9.76. The van der Waals surface area contributed by atoms with Crippen molar-refractivity contribution in [2.24, 2.45) is 5.41 Å². The van der Waals surface area contributed by atoms with Crippen LogP contribution in [-0.2, 0) is 0 Å². The van der Waals surface area contributed by atoms with Gasteiger partial charge in [0.05, 0.1) is 0 Å². The highest BCUT2D eigenvalue weighted by molar-refractivity contribution is 5.35. The van der Waals surface area contributed by atoms with Crippen LogP contribution in [0.25, 0.3) is 0 Å². The maximum atomic E-state index is 5.61. The van der Waals surface area contributed by atoms with Gasteiger partial charge in [0.25, 0.3) is 0 Å². The molecule has 0 bridgehead atoms. The number of aromatic nitrogens is 2. The molecule has 4 heteroatoms. The third-order valence-electron chi connectivity index (χ3n) is 3.41. The number of nitrogens with one attached hydrogen (secondary N) is 1. The molecule has 0 saturated heterocycles. The summed E-state index contributed by atoms with van der Waals surface area (Å²) in [6.45, 7) is 3.28. The predicted molar refractivity (Wildman–Crippen MR) is 66.1 cm³/mol. The second-order valence-corrected chi connectivity index (χ2v) is 5.03. The standard InChI is InChI=1S/C12H20N4/c1-12(6-3-2-4-7-12)9-15-11-14-8-5-10(13)16-11/h5,8H,2-4,6-7,9H2,1H3,(H3,13,14,15,16). The molecule has 0 unspecified atom stereocenters. The summed E-state index contributed by atoms with van der Waals surface area (Å²) in [4.78, 5) is 8.30. The highest BCUT2D eigenvalue weighted by atomic mass is 15.1. The summed E-state index contributed by atoms with van der Waals surface area (Å²) in [5, 5.41) is 3.29. The Morgan fingerprint density at radius 2 is 2.12 bits per heavy atom. The van der Waals surface area contributed by atoms with Crippen LogP contribution in [0.1, 0.15) is 39.0 Å². The van der Waals surface area contributed by atoms with Crippen molar-refractivity contribution in [2.75, 3.05) is 17.6 Å². The Hall–Kier alpha value is -1.32. The van der Waals surface area contributed by atoms with Crippen LogP contribution in [0.2, 0.25) is 0 Å². The summed E-state index contributed by atoms with van der Waals surface area (Å²) in [5.74, 6) is 1.16. The van der Waals surface area contributed by atoms with Gasteiger partial charge in [-0.05, 0) is 24.3 Å². The van der Waals surface area contributed by atoms with Gasteiger partial charge in [0.15, 0.2) is 0 Å². The molecule has 88 valence electrons. The van der Waals surface area contributed by atoms with Crippen LogP contribution in [0.15, 0.2) is 12.3 Å². The normalized spacial score (nSPS) is 19.3. The molecule has 1 aromatic heterocycles. The zero-order valence-electron chi connectivity index (χ0n) is 9.87. The van der Waals surface area contributed by atoms with Crippen molar-refractivity contribution in [2.45, 2.75) is 39.0 Å². The van der Waals surface area contributed by atoms with E-state index in [-0.39, 0.29) is 0 Å². The Morgan fingerprint density at radius 1 is 1.38 bits per heavy atom. The number of nitrogens with two attached hydrogens (primary N) is 1. The van der Waals surface area contributed by atoms with Gasteiger partial charge in [-0.2, -0.15) is 4.98 Å². The van der Waals surface area contributed by atoms with Crippen molar-refractivity contribution in [3.63, 3.8) is 0 Å². The van der Waals surface area contributed by atoms with Crippen molar-refractivity contribution in [3.8, 4) is 0 Å². The number of hydrogen-bond donors (Lipinski definition) is 2. The quantitative estimate of drug-likeness (QED) is 0.821. The SMILES string of the molecule is CC1(CNc2nccc(N)n2)CCCCC1. The zero-order chi connectivity index (χ0) is 11.4. The topological polar surface area (TPSA) is 63.8 Å². The molecule has 0 aliphatic heterocycles. The lowest BCUT2D eigenvalue weighted by molar-refractivity contribution is 0.233. The molecule has 16 heavy (non-hydrogen) atoms. The van der Waals surface area contributed by atoms with E-state index in [1.54, 1.807) is 12.3 Å². The van der Waals surface area contributed by atoms with E-state index in [9.17, 15) is 0 Å². The summed E-state index contributed by atoms with van der Waals surface area (Å²) in [7, 11) is 0. The van der Waals surface area contributed by atoms with Crippen molar-refractivity contribution in [3.05, 3.63) is 12.3 Å². The van der Waals surface area contributed by atoms with Gasteiger partial charge in [-0.25, -0.2) is 4.98 Å². The van der Waals surface area contributed by atoms with Crippen LogP contribution in [0.5, 0.6) is 0 Å². The van der Waals surface area contributed by atoms with Crippen LogP contribution in [0.3, 0.4) is 0 Å². The third-order valence-corrected chi connectivity index (χ3v) is 3.41. The molecule has 1 aliphatic carbocycles. The Bertz CT molecular complexity index is 345. The molecule has 4 nitrogen and oxygen atoms in total. The Kier molecular flexibility index (Phi) is 3.27. The Morgan fingerprint density at radius 3 is 2.81 bits per heavy atom. The average molecular weight is 220 g/mol. The lowest BCUT2D eigenvalue weighted by Crippen LogP contribution is -2.29. The Balaban J connectivity index is 1.91. The van der Waals surface area contributed by atoms with Crippen molar-refractivity contribution in [1.29, 1.82) is 0 Å². The van der Waals surface area contributed by atoms with Crippen molar-refractivity contribution < 1.29 is 0 Å². The van der Waals surface area contributed by atoms with Crippen molar-refractivity contribution >= 4 is 11.8 Å². The second-order valence-electron chi connectivity index (χ2n) is 5.03. The van der Waals surface area contributed by atoms with Gasteiger partial charge in [0, 0.05) is 12.7 Å². The van der Waals surface area contributed by atoms with Gasteiger partial charge >= 0.3 is 0 Å². The van der Waals surface area contributed by atoms with Gasteiger partial charge in [0.1, 0.15) is 5.82 Å². The van der Waals surface area contributed by atoms with Gasteiger partial charge in [-0.15, -0.1) is 0 Å². The first kappa shape index (κ1) is 11.2. The van der Waals surface area contributed by atoms with Gasteiger partial charge < -0.3 is 11.1 Å². The fourth-order valence-corrected chi connectivity index (χ4v) is 2.33. The van der Waals surface area contributed by atoms with E-state index in [2.05, 4.69) is 22.2 Å². The van der Waals surface area contributed by atoms with E-state index < -0.39 is 0 Å². The molecule has 1 heterocycles. The highest BCUT2D eigenvalue weighted by Gasteiger charge is 2.26. The average Bonchev–Trinajstić information content (AvgIpc) is 2.28. The molecule has 0 amide bonds. The first-order valence-electron chi connectivity index (χ1n) is 6.00. The molecule has 0 radical (unpaired) electrons. The lowest BCUT2D eigenvalue weighted by Gasteiger charge is -2.33. The molecule has 3 N–H and O–H groups in total. The van der Waals surface area contributed by atoms with Gasteiger partial charge in [0.2, 0.25) is 5.95 Å². The summed E-state index contributed by atoms with van der Waals surface area (Å²) in [5.41, 5.74) is 6.00. The van der Waals surface area contributed by atoms with E-state index in [4.69, 9.17) is 5.73 Å². The number of anilines is 2. The molecule has 0 aromatic carbocycles. The second kappa shape index (κ2) is 4.68. The number of rotatable bonds is 3. The van der Waals surface area contributed by atoms with E-state index in [0.29, 0.717) is 17.2 Å². The van der Waals surface area contributed by atoms with Crippen LogP contribution in [-0.4, -0.2) is 16.5 Å². The maximum Gasteiger partial charge on any atom is 0.224 e. The van der Waals surface area contributed by atoms with E-state index in [1.165, 1.54) is 32.1 Å².